The van der Waals surface area contributed by atoms with Gasteiger partial charge in [0.1, 0.15) is 31.5 Å². The highest BCUT2D eigenvalue weighted by atomic mass is 16.6. The van der Waals surface area contributed by atoms with Crippen molar-refractivity contribution in [1.82, 2.24) is 0 Å². The standard InChI is InChI=1S/C25H28O6.C25H26O6/c2*1-3-10-21-23(26)17(2)22(31-21)15-20(30-25(28)19-13-8-5-9-14-19)16-29-24(27)18-11-6-4-7-12-18/h3-9,11-14,17,20-23,26H,1,10,15-16H2,2H3;3-9,11-14,17,20-22H,1,10,15-16H2,2H3/t17-,20-,21-,22+,23?;17-,20-,21-,22+/m00/s1. The zero-order valence-electron chi connectivity index (χ0n) is 35.0. The summed E-state index contributed by atoms with van der Waals surface area (Å²) in [6.45, 7) is 10.8. The Morgan fingerprint density at radius 3 is 1.37 bits per heavy atom. The van der Waals surface area contributed by atoms with E-state index in [1.54, 1.807) is 128 Å². The van der Waals surface area contributed by atoms with Crippen LogP contribution >= 0.6 is 0 Å². The molecule has 2 aliphatic rings. The van der Waals surface area contributed by atoms with Crippen molar-refractivity contribution in [3.05, 3.63) is 169 Å². The van der Waals surface area contributed by atoms with Gasteiger partial charge in [0.2, 0.25) is 0 Å². The summed E-state index contributed by atoms with van der Waals surface area (Å²) in [5.41, 5.74) is 1.62. The lowest BCUT2D eigenvalue weighted by molar-refractivity contribution is -0.124. The van der Waals surface area contributed by atoms with Crippen LogP contribution in [-0.2, 0) is 33.2 Å². The molecule has 326 valence electrons. The van der Waals surface area contributed by atoms with E-state index in [0.29, 0.717) is 41.5 Å². The quantitative estimate of drug-likeness (QED) is 0.0589. The van der Waals surface area contributed by atoms with Crippen LogP contribution in [0.2, 0.25) is 0 Å². The fraction of sp³-hybridized carbons (Fsp3) is 0.340. The van der Waals surface area contributed by atoms with E-state index in [1.807, 2.05) is 19.1 Å². The minimum absolute atomic E-state index is 0.000633. The summed E-state index contributed by atoms with van der Waals surface area (Å²) >= 11 is 0. The van der Waals surface area contributed by atoms with Gasteiger partial charge < -0.3 is 33.5 Å². The van der Waals surface area contributed by atoms with Gasteiger partial charge in [-0.05, 0) is 61.4 Å². The summed E-state index contributed by atoms with van der Waals surface area (Å²) in [4.78, 5) is 62.3. The van der Waals surface area contributed by atoms with Crippen LogP contribution in [0.25, 0.3) is 0 Å². The number of Topliss-reactive ketones (excluding diaryl/α,β-unsaturated/α-hetero) is 1. The number of rotatable bonds is 18. The average molecular weight is 847 g/mol. The van der Waals surface area contributed by atoms with Crippen LogP contribution in [0.15, 0.2) is 147 Å². The van der Waals surface area contributed by atoms with E-state index in [2.05, 4.69) is 13.2 Å². The van der Waals surface area contributed by atoms with Gasteiger partial charge in [0.05, 0.1) is 46.7 Å². The van der Waals surface area contributed by atoms with Gasteiger partial charge in [-0.2, -0.15) is 0 Å². The van der Waals surface area contributed by atoms with Gasteiger partial charge >= 0.3 is 23.9 Å². The van der Waals surface area contributed by atoms with Crippen LogP contribution in [0.4, 0.5) is 0 Å². The van der Waals surface area contributed by atoms with Crippen molar-refractivity contribution < 1.29 is 57.5 Å². The molecule has 0 aromatic heterocycles. The van der Waals surface area contributed by atoms with Crippen molar-refractivity contribution in [2.24, 2.45) is 11.8 Å². The molecule has 62 heavy (non-hydrogen) atoms. The van der Waals surface area contributed by atoms with Gasteiger partial charge in [0, 0.05) is 24.7 Å². The summed E-state index contributed by atoms with van der Waals surface area (Å²) in [6.07, 6.45) is 1.04. The third kappa shape index (κ3) is 13.4. The zero-order chi connectivity index (χ0) is 44.4. The van der Waals surface area contributed by atoms with Crippen LogP contribution in [-0.4, -0.2) is 90.7 Å². The predicted octanol–water partition coefficient (Wildman–Crippen LogP) is 7.81. The Hall–Kier alpha value is -6.21. The Balaban J connectivity index is 0.000000234. The highest BCUT2D eigenvalue weighted by molar-refractivity contribution is 5.91. The van der Waals surface area contributed by atoms with Crippen molar-refractivity contribution in [2.75, 3.05) is 13.2 Å². The molecule has 0 bridgehead atoms. The SMILES string of the molecule is C=CC[C@@H]1O[C@H](C[C@@H](COC(=O)c2ccccc2)OC(=O)c2ccccc2)[C@H](C)C1=O.C=CC[C@@H]1O[C@H](C[C@@H](COC(=O)c2ccccc2)OC(=O)c2ccccc2)[C@H](C)C1O. The summed E-state index contributed by atoms with van der Waals surface area (Å²) < 4.78 is 34.0. The largest absolute Gasteiger partial charge is 0.458 e. The molecule has 2 saturated heterocycles. The fourth-order valence-electron chi connectivity index (χ4n) is 7.13. The van der Waals surface area contributed by atoms with Gasteiger partial charge in [-0.15, -0.1) is 13.2 Å². The van der Waals surface area contributed by atoms with Crippen LogP contribution in [0.1, 0.15) is 81.0 Å². The smallest absolute Gasteiger partial charge is 0.338 e. The first-order valence-electron chi connectivity index (χ1n) is 20.7. The third-order valence-corrected chi connectivity index (χ3v) is 10.7. The van der Waals surface area contributed by atoms with Crippen LogP contribution < -0.4 is 0 Å². The van der Waals surface area contributed by atoms with E-state index in [9.17, 15) is 29.1 Å². The van der Waals surface area contributed by atoms with E-state index < -0.39 is 54.4 Å². The maximum atomic E-state index is 12.6. The lowest BCUT2D eigenvalue weighted by Crippen LogP contribution is -2.32. The number of aliphatic hydroxyl groups is 1. The highest BCUT2D eigenvalue weighted by Crippen LogP contribution is 2.33. The number of ether oxygens (including phenoxy) is 6. The summed E-state index contributed by atoms with van der Waals surface area (Å²) in [5, 5.41) is 10.4. The molecule has 2 aliphatic heterocycles. The highest BCUT2D eigenvalue weighted by Gasteiger charge is 2.43. The maximum Gasteiger partial charge on any atom is 0.338 e. The molecule has 0 amide bonds. The first kappa shape index (κ1) is 46.8. The van der Waals surface area contributed by atoms with Crippen molar-refractivity contribution >= 4 is 29.7 Å². The van der Waals surface area contributed by atoms with E-state index >= 15 is 0 Å². The Kier molecular flexibility index (Phi) is 17.9. The fourth-order valence-corrected chi connectivity index (χ4v) is 7.13. The monoisotopic (exact) mass is 846 g/mol. The molecule has 12 heteroatoms. The second-order valence-electron chi connectivity index (χ2n) is 15.2. The van der Waals surface area contributed by atoms with Crippen LogP contribution in [0.3, 0.4) is 0 Å². The van der Waals surface area contributed by atoms with E-state index in [0.717, 1.165) is 0 Å². The molecule has 4 aromatic carbocycles. The van der Waals surface area contributed by atoms with Crippen molar-refractivity contribution in [3.8, 4) is 0 Å². The van der Waals surface area contributed by atoms with Crippen molar-refractivity contribution in [2.45, 2.75) is 82.3 Å². The minimum Gasteiger partial charge on any atom is -0.458 e. The molecular weight excluding hydrogens is 793 g/mol. The van der Waals surface area contributed by atoms with E-state index in [4.69, 9.17) is 28.4 Å². The molecule has 0 radical (unpaired) electrons. The summed E-state index contributed by atoms with van der Waals surface area (Å²) in [7, 11) is 0. The summed E-state index contributed by atoms with van der Waals surface area (Å²) in [5.74, 6) is -2.55. The number of esters is 4. The number of hydrogen-bond acceptors (Lipinski definition) is 12. The molecular formula is C50H54O12. The molecule has 1 unspecified atom stereocenters. The second kappa shape index (κ2) is 23.7. The Morgan fingerprint density at radius 1 is 0.581 bits per heavy atom. The molecule has 1 N–H and O–H groups in total. The predicted molar refractivity (Wildman–Crippen MR) is 230 cm³/mol. The normalized spacial score (nSPS) is 22.5. The molecule has 0 aliphatic carbocycles. The van der Waals surface area contributed by atoms with Gasteiger partial charge in [0.25, 0.3) is 0 Å². The van der Waals surface area contributed by atoms with E-state index in [-0.39, 0.29) is 49.5 Å². The number of carbonyl (C=O) groups is 5. The summed E-state index contributed by atoms with van der Waals surface area (Å²) in [6, 6.07) is 34.4. The van der Waals surface area contributed by atoms with Crippen molar-refractivity contribution in [1.29, 1.82) is 0 Å². The number of ketones is 1. The maximum absolute atomic E-state index is 12.6. The molecule has 6 rings (SSSR count). The lowest BCUT2D eigenvalue weighted by Gasteiger charge is -2.23. The molecule has 12 nitrogen and oxygen atoms in total. The van der Waals surface area contributed by atoms with Gasteiger partial charge in [-0.25, -0.2) is 19.2 Å². The van der Waals surface area contributed by atoms with Gasteiger partial charge in [-0.3, -0.25) is 4.79 Å². The van der Waals surface area contributed by atoms with Gasteiger partial charge in [0.15, 0.2) is 5.78 Å². The topological polar surface area (TPSA) is 161 Å². The molecule has 2 heterocycles. The molecule has 2 fully saturated rings. The number of hydrogen-bond donors (Lipinski definition) is 1. The minimum atomic E-state index is -0.761. The van der Waals surface area contributed by atoms with Crippen LogP contribution in [0, 0.1) is 11.8 Å². The average Bonchev–Trinajstić information content (AvgIpc) is 3.72. The molecule has 0 saturated carbocycles. The van der Waals surface area contributed by atoms with Crippen LogP contribution in [0.5, 0.6) is 0 Å². The second-order valence-corrected chi connectivity index (χ2v) is 15.2. The van der Waals surface area contributed by atoms with Crippen molar-refractivity contribution in [3.63, 3.8) is 0 Å². The lowest BCUT2D eigenvalue weighted by atomic mass is 9.94. The third-order valence-electron chi connectivity index (χ3n) is 10.7. The first-order chi connectivity index (χ1) is 30.0. The Bertz CT molecular complexity index is 2070. The molecule has 4 aromatic rings. The first-order valence-corrected chi connectivity index (χ1v) is 20.7. The number of benzene rings is 4. The molecule has 9 atom stereocenters. The number of carbonyl (C=O) groups excluding carboxylic acids is 5. The Labute approximate surface area is 362 Å². The Morgan fingerprint density at radius 2 is 0.968 bits per heavy atom. The zero-order valence-corrected chi connectivity index (χ0v) is 35.0. The number of aliphatic hydroxyl groups excluding tert-OH is 1. The van der Waals surface area contributed by atoms with Gasteiger partial charge in [-0.1, -0.05) is 98.8 Å². The molecule has 0 spiro atoms. The van der Waals surface area contributed by atoms with E-state index in [1.165, 1.54) is 0 Å².